The third kappa shape index (κ3) is 5.05. The fourth-order valence-corrected chi connectivity index (χ4v) is 17.3. The van der Waals surface area contributed by atoms with E-state index in [0.29, 0.717) is 0 Å². The van der Waals surface area contributed by atoms with Crippen molar-refractivity contribution in [3.8, 4) is 0 Å². The van der Waals surface area contributed by atoms with Gasteiger partial charge in [0.2, 0.25) is 0 Å². The standard InChI is InChI=1S/C29H36Br2GeN2/c1-7-13-33(14-8-2)22-17-26(30)24-21-25-27(31)18-23(34(15-9-3)16-10-4)20-29(25)32(11-5,12-6)28(24)19-22/h7-10,17-20H,1-4,11-16,21H2,5-6H3. The van der Waals surface area contributed by atoms with Crippen LogP contribution in [0.3, 0.4) is 0 Å². The molecule has 0 aliphatic carbocycles. The third-order valence-corrected chi connectivity index (χ3v) is 19.8. The van der Waals surface area contributed by atoms with Crippen molar-refractivity contribution >= 4 is 65.3 Å². The average molecular weight is 645 g/mol. The van der Waals surface area contributed by atoms with Gasteiger partial charge in [-0.05, 0) is 0 Å². The van der Waals surface area contributed by atoms with Crippen molar-refractivity contribution in [3.05, 3.63) is 95.0 Å². The van der Waals surface area contributed by atoms with Crippen LogP contribution in [0.5, 0.6) is 0 Å². The first-order valence-electron chi connectivity index (χ1n) is 12.0. The molecule has 34 heavy (non-hydrogen) atoms. The van der Waals surface area contributed by atoms with Crippen molar-refractivity contribution in [2.75, 3.05) is 36.0 Å². The Bertz CT molecular complexity index is 987. The SMILES string of the molecule is C=CCN(CC=C)c1cc(Br)c2[c](c1)[Ge]([CH2]C)([CH2]C)[c]1cc(N(CC=C)CC=C)cc(Br)c1C2. The molecule has 0 aromatic heterocycles. The van der Waals surface area contributed by atoms with Crippen LogP contribution < -0.4 is 18.6 Å². The Hall–Kier alpha value is -1.50. The predicted octanol–water partition coefficient (Wildman–Crippen LogP) is 7.08. The van der Waals surface area contributed by atoms with Crippen LogP contribution in [0.15, 0.2) is 83.8 Å². The first-order valence-corrected chi connectivity index (χ1v) is 18.6. The molecule has 0 radical (unpaired) electrons. The van der Waals surface area contributed by atoms with E-state index < -0.39 is 13.3 Å². The van der Waals surface area contributed by atoms with E-state index >= 15 is 0 Å². The molecule has 0 spiro atoms. The van der Waals surface area contributed by atoms with E-state index in [2.05, 4.69) is 106 Å². The van der Waals surface area contributed by atoms with Gasteiger partial charge in [0.15, 0.2) is 0 Å². The fraction of sp³-hybridized carbons (Fsp3) is 0.310. The molecular weight excluding hydrogens is 609 g/mol. The van der Waals surface area contributed by atoms with E-state index in [1.807, 2.05) is 24.3 Å². The fourth-order valence-electron chi connectivity index (χ4n) is 5.35. The van der Waals surface area contributed by atoms with Gasteiger partial charge in [-0.25, -0.2) is 0 Å². The Balaban J connectivity index is 2.26. The van der Waals surface area contributed by atoms with Crippen LogP contribution in [0.1, 0.15) is 25.0 Å². The number of hydrogen-bond donors (Lipinski definition) is 0. The van der Waals surface area contributed by atoms with Gasteiger partial charge in [-0.1, -0.05) is 0 Å². The zero-order valence-corrected chi connectivity index (χ0v) is 25.8. The average Bonchev–Trinajstić information content (AvgIpc) is 2.83. The summed E-state index contributed by atoms with van der Waals surface area (Å²) in [5.74, 6) is 0. The number of fused-ring (bicyclic) bond motifs is 2. The second-order valence-electron chi connectivity index (χ2n) is 8.84. The van der Waals surface area contributed by atoms with E-state index in [1.54, 1.807) is 8.79 Å². The van der Waals surface area contributed by atoms with Crippen LogP contribution in [0, 0.1) is 0 Å². The Morgan fingerprint density at radius 1 is 0.706 bits per heavy atom. The Kier molecular flexibility index (Phi) is 9.53. The summed E-state index contributed by atoms with van der Waals surface area (Å²) < 4.78 is 5.67. The number of halogens is 2. The maximum absolute atomic E-state index is 3.98. The summed E-state index contributed by atoms with van der Waals surface area (Å²) in [6.45, 7) is 23.9. The van der Waals surface area contributed by atoms with Crippen molar-refractivity contribution in [2.45, 2.75) is 30.8 Å². The summed E-state index contributed by atoms with van der Waals surface area (Å²) in [6, 6.07) is 9.56. The molecule has 0 bridgehead atoms. The first kappa shape index (κ1) is 27.1. The predicted molar refractivity (Wildman–Crippen MR) is 162 cm³/mol. The summed E-state index contributed by atoms with van der Waals surface area (Å²) >= 11 is 5.28. The molecule has 2 aromatic rings. The van der Waals surface area contributed by atoms with Crippen molar-refractivity contribution < 1.29 is 0 Å². The van der Waals surface area contributed by atoms with Crippen LogP contribution in [0.25, 0.3) is 0 Å². The van der Waals surface area contributed by atoms with Crippen molar-refractivity contribution in [3.63, 3.8) is 0 Å². The number of nitrogens with zero attached hydrogens (tertiary/aromatic N) is 2. The van der Waals surface area contributed by atoms with Gasteiger partial charge in [-0.3, -0.25) is 0 Å². The number of benzene rings is 2. The molecule has 1 heterocycles. The van der Waals surface area contributed by atoms with E-state index in [4.69, 9.17) is 0 Å². The molecule has 180 valence electrons. The number of hydrogen-bond acceptors (Lipinski definition) is 2. The summed E-state index contributed by atoms with van der Waals surface area (Å²) in [6.07, 6.45) is 8.83. The van der Waals surface area contributed by atoms with Crippen LogP contribution in [0.2, 0.25) is 10.5 Å². The van der Waals surface area contributed by atoms with Crippen LogP contribution >= 0.6 is 31.9 Å². The van der Waals surface area contributed by atoms with Gasteiger partial charge < -0.3 is 0 Å². The maximum atomic E-state index is 3.98. The van der Waals surface area contributed by atoms with E-state index in [-0.39, 0.29) is 0 Å². The Morgan fingerprint density at radius 3 is 1.35 bits per heavy atom. The molecule has 0 fully saturated rings. The van der Waals surface area contributed by atoms with Gasteiger partial charge in [0.05, 0.1) is 0 Å². The molecule has 1 aliphatic heterocycles. The minimum absolute atomic E-state index is 0.805. The molecule has 1 aliphatic rings. The van der Waals surface area contributed by atoms with Crippen molar-refractivity contribution in [1.29, 1.82) is 0 Å². The molecule has 0 unspecified atom stereocenters. The summed E-state index contributed by atoms with van der Waals surface area (Å²) in [5, 5.41) is 2.43. The van der Waals surface area contributed by atoms with Gasteiger partial charge in [0.1, 0.15) is 0 Å². The first-order chi connectivity index (χ1) is 16.4. The molecule has 5 heteroatoms. The van der Waals surface area contributed by atoms with Crippen molar-refractivity contribution in [1.82, 2.24) is 0 Å². The van der Waals surface area contributed by atoms with Gasteiger partial charge in [-0.15, -0.1) is 0 Å². The zero-order chi connectivity index (χ0) is 24.9. The summed E-state index contributed by atoms with van der Waals surface area (Å²) in [7, 11) is 0. The monoisotopic (exact) mass is 644 g/mol. The molecule has 0 N–H and O–H groups in total. The molecule has 3 rings (SSSR count). The van der Waals surface area contributed by atoms with Crippen LogP contribution in [0.4, 0.5) is 11.4 Å². The molecule has 0 amide bonds. The number of anilines is 2. The molecule has 0 saturated carbocycles. The van der Waals surface area contributed by atoms with Crippen molar-refractivity contribution in [2.24, 2.45) is 0 Å². The molecule has 2 aromatic carbocycles. The zero-order valence-electron chi connectivity index (χ0n) is 20.5. The second-order valence-corrected chi connectivity index (χ2v) is 20.3. The van der Waals surface area contributed by atoms with Gasteiger partial charge in [-0.2, -0.15) is 0 Å². The van der Waals surface area contributed by atoms with Gasteiger partial charge in [0.25, 0.3) is 0 Å². The molecule has 2 nitrogen and oxygen atoms in total. The molecular formula is C29H36Br2GeN2. The third-order valence-electron chi connectivity index (χ3n) is 7.08. The Labute approximate surface area is 225 Å². The van der Waals surface area contributed by atoms with Crippen LogP contribution in [-0.2, 0) is 6.42 Å². The van der Waals surface area contributed by atoms with Gasteiger partial charge in [0, 0.05) is 0 Å². The van der Waals surface area contributed by atoms with E-state index in [9.17, 15) is 0 Å². The quantitative estimate of drug-likeness (QED) is 0.180. The molecule has 0 atom stereocenters. The van der Waals surface area contributed by atoms with E-state index in [0.717, 1.165) is 32.6 Å². The van der Waals surface area contributed by atoms with Gasteiger partial charge >= 0.3 is 227 Å². The van der Waals surface area contributed by atoms with E-state index in [1.165, 1.54) is 42.0 Å². The van der Waals surface area contributed by atoms with Crippen LogP contribution in [-0.4, -0.2) is 39.4 Å². The topological polar surface area (TPSA) is 6.48 Å². The molecule has 0 saturated heterocycles. The Morgan fingerprint density at radius 2 is 1.06 bits per heavy atom. The second kappa shape index (κ2) is 12.0. The summed E-state index contributed by atoms with van der Waals surface area (Å²) in [4.78, 5) is 4.70. The number of rotatable bonds is 12. The minimum atomic E-state index is -2.67. The summed E-state index contributed by atoms with van der Waals surface area (Å²) in [5.41, 5.74) is 5.45. The normalized spacial score (nSPS) is 13.4.